The van der Waals surface area contributed by atoms with Gasteiger partial charge in [-0.3, -0.25) is 13.8 Å². The highest BCUT2D eigenvalue weighted by Gasteiger charge is 2.14. The molecule has 2 N–H and O–H groups in total. The van der Waals surface area contributed by atoms with E-state index in [4.69, 9.17) is 0 Å². The lowest BCUT2D eigenvalue weighted by atomic mass is 10.1. The number of carbonyl (C=O) groups excluding carboxylic acids is 2. The van der Waals surface area contributed by atoms with Crippen LogP contribution in [0, 0.1) is 0 Å². The van der Waals surface area contributed by atoms with Gasteiger partial charge in [0.05, 0.1) is 34.3 Å². The topological polar surface area (TPSA) is 125 Å². The predicted molar refractivity (Wildman–Crippen MR) is 233 cm³/mol. The fourth-order valence-electron chi connectivity index (χ4n) is 6.47. The van der Waals surface area contributed by atoms with Gasteiger partial charge >= 0.3 is 0 Å². The molecule has 0 rings (SSSR count). The van der Waals surface area contributed by atoms with Crippen LogP contribution in [-0.4, -0.2) is 76.7 Å². The first-order valence-electron chi connectivity index (χ1n) is 22.6. The average Bonchev–Trinajstić information content (AvgIpc) is 3.15. The average molecular weight is 800 g/mol. The Morgan fingerprint density at radius 3 is 1.07 bits per heavy atom. The second-order valence-electron chi connectivity index (χ2n) is 16.0. The third kappa shape index (κ3) is 50.2. The molecule has 10 heteroatoms. The lowest BCUT2D eigenvalue weighted by Gasteiger charge is -2.30. The van der Waals surface area contributed by atoms with Crippen molar-refractivity contribution in [2.24, 2.45) is 0 Å². The fourth-order valence-corrected chi connectivity index (χ4v) is 6.47. The van der Waals surface area contributed by atoms with Gasteiger partial charge in [-0.2, -0.15) is 0 Å². The van der Waals surface area contributed by atoms with Crippen molar-refractivity contribution < 1.29 is 31.2 Å². The molecule has 0 aliphatic heterocycles. The molecule has 0 aliphatic rings. The monoisotopic (exact) mass is 800 g/mol. The van der Waals surface area contributed by atoms with E-state index in [0.29, 0.717) is 12.8 Å². The standard InChI is InChI=1S/C44H85N3O2.CH4O4S/c1-5-7-9-11-13-15-17-19-21-23-25-27-29-31-33-37-43(48)45-39-35-41-47(3,4)42-36-40-46-44(49)38-34-32-30-28-26-24-22-20-18-16-14-12-10-8-6-2;1-5-6(2,3)4/h19-22H,5-18,23-42H2,1-4H3,(H-,45,46,48,49);1H3,(H,2,3,4)/b21-19-,22-20+;. The van der Waals surface area contributed by atoms with Crippen LogP contribution in [0.2, 0.25) is 0 Å². The summed E-state index contributed by atoms with van der Waals surface area (Å²) in [6, 6.07) is 0. The lowest BCUT2D eigenvalue weighted by molar-refractivity contribution is -0.890. The quantitative estimate of drug-likeness (QED) is 0.0210. The Bertz CT molecular complexity index is 954. The van der Waals surface area contributed by atoms with Gasteiger partial charge in [0.25, 0.3) is 0 Å². The zero-order valence-electron chi connectivity index (χ0n) is 36.7. The van der Waals surface area contributed by atoms with Crippen molar-refractivity contribution >= 4 is 22.2 Å². The molecule has 0 atom stereocenters. The van der Waals surface area contributed by atoms with Gasteiger partial charge < -0.3 is 19.7 Å². The molecule has 0 heterocycles. The SMILES string of the molecule is CCCCCCCC/C=C\CCCCCCCC(=O)NCCC[N+](C)(C)CCCNC(=O)CCCCCCC/C=C/CCCCCCCC.COS(=O)(=O)[O-]. The molecule has 0 fully saturated rings. The van der Waals surface area contributed by atoms with E-state index < -0.39 is 10.4 Å². The molecule has 0 aliphatic carbocycles. The van der Waals surface area contributed by atoms with E-state index in [1.807, 2.05) is 0 Å². The number of nitrogens with one attached hydrogen (secondary N) is 2. The second-order valence-corrected chi connectivity index (χ2v) is 17.2. The van der Waals surface area contributed by atoms with E-state index in [0.717, 1.165) is 76.3 Å². The molecule has 9 nitrogen and oxygen atoms in total. The van der Waals surface area contributed by atoms with E-state index >= 15 is 0 Å². The molecule has 0 aromatic heterocycles. The third-order valence-corrected chi connectivity index (χ3v) is 10.5. The summed E-state index contributed by atoms with van der Waals surface area (Å²) in [6.45, 7) is 8.15. The number of allylic oxidation sites excluding steroid dienone is 4. The van der Waals surface area contributed by atoms with Crippen LogP contribution in [0.4, 0.5) is 0 Å². The first-order chi connectivity index (χ1) is 26.5. The number of nitrogens with zero attached hydrogens (tertiary/aromatic N) is 1. The molecule has 0 spiro atoms. The van der Waals surface area contributed by atoms with Gasteiger partial charge in [-0.05, 0) is 64.2 Å². The van der Waals surface area contributed by atoms with Crippen molar-refractivity contribution in [1.82, 2.24) is 10.6 Å². The summed E-state index contributed by atoms with van der Waals surface area (Å²) in [6.07, 6.45) is 46.1. The van der Waals surface area contributed by atoms with Crippen LogP contribution in [0.5, 0.6) is 0 Å². The smallest absolute Gasteiger partial charge is 0.219 e. The summed E-state index contributed by atoms with van der Waals surface area (Å²) in [5.41, 5.74) is 0. The fraction of sp³-hybridized carbons (Fsp3) is 0.867. The van der Waals surface area contributed by atoms with Gasteiger partial charge in [-0.1, -0.05) is 141 Å². The van der Waals surface area contributed by atoms with Crippen LogP contribution in [0.3, 0.4) is 0 Å². The minimum atomic E-state index is -4.41. The summed E-state index contributed by atoms with van der Waals surface area (Å²) in [4.78, 5) is 24.5. The first kappa shape index (κ1) is 55.3. The molecule has 0 unspecified atom stereocenters. The van der Waals surface area contributed by atoms with Crippen LogP contribution in [0.25, 0.3) is 0 Å². The summed E-state index contributed by atoms with van der Waals surface area (Å²) in [5.74, 6) is 0.411. The molecule has 0 aromatic carbocycles. The van der Waals surface area contributed by atoms with E-state index in [2.05, 4.69) is 67.1 Å². The number of hydrogen-bond acceptors (Lipinski definition) is 6. The normalized spacial score (nSPS) is 12.0. The highest BCUT2D eigenvalue weighted by Crippen LogP contribution is 2.12. The Labute approximate surface area is 341 Å². The van der Waals surface area contributed by atoms with Gasteiger partial charge in [0.1, 0.15) is 0 Å². The Kier molecular flexibility index (Phi) is 42.1. The number of unbranched alkanes of at least 4 members (excludes halogenated alkanes) is 22. The van der Waals surface area contributed by atoms with Crippen molar-refractivity contribution in [2.45, 2.75) is 206 Å². The molecule has 0 radical (unpaired) electrons. The highest BCUT2D eigenvalue weighted by molar-refractivity contribution is 7.80. The Morgan fingerprint density at radius 1 is 0.509 bits per heavy atom. The number of quaternary nitrogens is 1. The minimum absolute atomic E-state index is 0.205. The van der Waals surface area contributed by atoms with Crippen molar-refractivity contribution in [3.8, 4) is 0 Å². The van der Waals surface area contributed by atoms with Gasteiger partial charge in [-0.15, -0.1) is 0 Å². The Balaban J connectivity index is 0. The summed E-state index contributed by atoms with van der Waals surface area (Å²) in [5, 5.41) is 6.25. The van der Waals surface area contributed by atoms with Gasteiger partial charge in [0.15, 0.2) is 0 Å². The number of amides is 2. The minimum Gasteiger partial charge on any atom is -0.726 e. The van der Waals surface area contributed by atoms with E-state index in [1.54, 1.807) is 0 Å². The van der Waals surface area contributed by atoms with Gasteiger partial charge in [0, 0.05) is 38.8 Å². The molecule has 0 bridgehead atoms. The molecule has 0 saturated carbocycles. The van der Waals surface area contributed by atoms with Crippen LogP contribution >= 0.6 is 0 Å². The zero-order chi connectivity index (χ0) is 41.1. The van der Waals surface area contributed by atoms with Crippen molar-refractivity contribution in [3.63, 3.8) is 0 Å². The Morgan fingerprint density at radius 2 is 0.782 bits per heavy atom. The van der Waals surface area contributed by atoms with E-state index in [9.17, 15) is 22.6 Å². The Hall–Kier alpha value is -1.75. The maximum Gasteiger partial charge on any atom is 0.219 e. The van der Waals surface area contributed by atoms with Gasteiger partial charge in [0.2, 0.25) is 22.2 Å². The van der Waals surface area contributed by atoms with Crippen molar-refractivity contribution in [3.05, 3.63) is 24.3 Å². The molecule has 326 valence electrons. The highest BCUT2D eigenvalue weighted by atomic mass is 32.3. The number of carbonyl (C=O) groups is 2. The molecule has 2 amide bonds. The summed E-state index contributed by atoms with van der Waals surface area (Å²) in [7, 11) is 0.897. The van der Waals surface area contributed by atoms with E-state index in [1.165, 1.54) is 141 Å². The van der Waals surface area contributed by atoms with Crippen LogP contribution in [0.1, 0.15) is 206 Å². The summed E-state index contributed by atoms with van der Waals surface area (Å²) < 4.78 is 31.9. The number of rotatable bonds is 39. The molecule has 0 aromatic rings. The lowest BCUT2D eigenvalue weighted by Crippen LogP contribution is -2.43. The second kappa shape index (κ2) is 41.9. The van der Waals surface area contributed by atoms with Crippen molar-refractivity contribution in [2.75, 3.05) is 47.4 Å². The summed E-state index contributed by atoms with van der Waals surface area (Å²) >= 11 is 0. The first-order valence-corrected chi connectivity index (χ1v) is 24.0. The maximum atomic E-state index is 12.2. The predicted octanol–water partition coefficient (Wildman–Crippen LogP) is 11.2. The van der Waals surface area contributed by atoms with Crippen molar-refractivity contribution in [1.29, 1.82) is 0 Å². The van der Waals surface area contributed by atoms with Crippen LogP contribution in [0.15, 0.2) is 24.3 Å². The van der Waals surface area contributed by atoms with E-state index in [-0.39, 0.29) is 11.8 Å². The molecular formula is C45H89N3O6S. The number of hydrogen-bond donors (Lipinski definition) is 2. The van der Waals surface area contributed by atoms with Crippen LogP contribution in [-0.2, 0) is 24.2 Å². The largest absolute Gasteiger partial charge is 0.726 e. The zero-order valence-corrected chi connectivity index (χ0v) is 37.5. The van der Waals surface area contributed by atoms with Crippen LogP contribution < -0.4 is 10.6 Å². The molecular weight excluding hydrogens is 711 g/mol. The molecule has 55 heavy (non-hydrogen) atoms. The maximum absolute atomic E-state index is 12.2. The van der Waals surface area contributed by atoms with Gasteiger partial charge in [-0.25, -0.2) is 8.42 Å². The third-order valence-electron chi connectivity index (χ3n) is 10.1. The molecule has 0 saturated heterocycles.